The zero-order chi connectivity index (χ0) is 14.6. The Bertz CT molecular complexity index is 380. The van der Waals surface area contributed by atoms with Crippen LogP contribution in [0.2, 0.25) is 0 Å². The van der Waals surface area contributed by atoms with Gasteiger partial charge in [-0.2, -0.15) is 12.6 Å². The minimum atomic E-state index is 0.0420. The van der Waals surface area contributed by atoms with Gasteiger partial charge in [0.05, 0.1) is 5.37 Å². The maximum absolute atomic E-state index is 4.38. The highest BCUT2D eigenvalue weighted by atomic mass is 32.1. The van der Waals surface area contributed by atoms with Crippen molar-refractivity contribution in [2.75, 3.05) is 16.0 Å². The molecule has 0 saturated heterocycles. The van der Waals surface area contributed by atoms with Crippen LogP contribution in [0.3, 0.4) is 0 Å². The van der Waals surface area contributed by atoms with Gasteiger partial charge in [-0.15, -0.1) is 0 Å². The molecule has 1 aromatic carbocycles. The van der Waals surface area contributed by atoms with Gasteiger partial charge < -0.3 is 16.0 Å². The van der Waals surface area contributed by atoms with Crippen LogP contribution < -0.4 is 16.0 Å². The summed E-state index contributed by atoms with van der Waals surface area (Å²) in [5, 5.41) is 10.4. The average molecular weight is 281 g/mol. The fourth-order valence-electron chi connectivity index (χ4n) is 1.87. The lowest BCUT2D eigenvalue weighted by atomic mass is 10.1. The summed E-state index contributed by atoms with van der Waals surface area (Å²) in [6.45, 7) is 12.8. The number of hydrogen-bond acceptors (Lipinski definition) is 4. The minimum Gasteiger partial charge on any atom is -0.383 e. The second kappa shape index (κ2) is 6.42. The molecule has 0 heterocycles. The van der Waals surface area contributed by atoms with Crippen molar-refractivity contribution in [1.82, 2.24) is 0 Å². The Balaban J connectivity index is 3.01. The van der Waals surface area contributed by atoms with Gasteiger partial charge in [-0.1, -0.05) is 0 Å². The topological polar surface area (TPSA) is 36.1 Å². The minimum absolute atomic E-state index is 0.0420. The molecule has 1 aromatic rings. The molecule has 19 heavy (non-hydrogen) atoms. The molecule has 0 aliphatic rings. The van der Waals surface area contributed by atoms with E-state index in [1.807, 2.05) is 6.92 Å². The highest BCUT2D eigenvalue weighted by Crippen LogP contribution is 2.26. The molecule has 0 radical (unpaired) electrons. The molecule has 1 atom stereocenters. The zero-order valence-electron chi connectivity index (χ0n) is 12.8. The van der Waals surface area contributed by atoms with Crippen molar-refractivity contribution < 1.29 is 0 Å². The summed E-state index contributed by atoms with van der Waals surface area (Å²) in [5.74, 6) is 0. The molecule has 108 valence electrons. The largest absolute Gasteiger partial charge is 0.383 e. The summed E-state index contributed by atoms with van der Waals surface area (Å²) in [4.78, 5) is 0. The first-order valence-corrected chi connectivity index (χ1v) is 7.32. The molecule has 0 aliphatic carbocycles. The van der Waals surface area contributed by atoms with Crippen LogP contribution in [0.5, 0.6) is 0 Å². The van der Waals surface area contributed by atoms with Crippen molar-refractivity contribution in [3.05, 3.63) is 18.2 Å². The van der Waals surface area contributed by atoms with Crippen molar-refractivity contribution in [3.8, 4) is 0 Å². The number of rotatable bonds is 5. The van der Waals surface area contributed by atoms with E-state index in [1.54, 1.807) is 0 Å². The van der Waals surface area contributed by atoms with Gasteiger partial charge in [-0.25, -0.2) is 0 Å². The van der Waals surface area contributed by atoms with Crippen molar-refractivity contribution in [2.24, 2.45) is 0 Å². The Hall–Kier alpha value is -1.03. The smallest absolute Gasteiger partial charge is 0.0665 e. The quantitative estimate of drug-likeness (QED) is 0.477. The van der Waals surface area contributed by atoms with Crippen molar-refractivity contribution in [3.63, 3.8) is 0 Å². The lowest BCUT2D eigenvalue weighted by Gasteiger charge is -2.24. The van der Waals surface area contributed by atoms with Gasteiger partial charge in [0, 0.05) is 28.6 Å². The van der Waals surface area contributed by atoms with Gasteiger partial charge in [0.1, 0.15) is 0 Å². The van der Waals surface area contributed by atoms with E-state index in [0.717, 1.165) is 17.1 Å². The molecular formula is C15H27N3S. The van der Waals surface area contributed by atoms with Crippen LogP contribution in [0.4, 0.5) is 17.1 Å². The monoisotopic (exact) mass is 281 g/mol. The van der Waals surface area contributed by atoms with Gasteiger partial charge >= 0.3 is 0 Å². The molecule has 1 unspecified atom stereocenters. The number of benzene rings is 1. The molecule has 0 saturated carbocycles. The summed E-state index contributed by atoms with van der Waals surface area (Å²) in [6, 6.07) is 6.77. The zero-order valence-corrected chi connectivity index (χ0v) is 13.7. The number of anilines is 3. The maximum Gasteiger partial charge on any atom is 0.0665 e. The van der Waals surface area contributed by atoms with Crippen molar-refractivity contribution >= 4 is 29.7 Å². The van der Waals surface area contributed by atoms with E-state index >= 15 is 0 Å². The fraction of sp³-hybridized carbons (Fsp3) is 0.600. The Morgan fingerprint density at radius 1 is 0.895 bits per heavy atom. The highest BCUT2D eigenvalue weighted by Gasteiger charge is 2.11. The Morgan fingerprint density at radius 3 is 1.79 bits per heavy atom. The van der Waals surface area contributed by atoms with E-state index in [9.17, 15) is 0 Å². The molecule has 3 nitrogen and oxygen atoms in total. The Morgan fingerprint density at radius 2 is 1.37 bits per heavy atom. The van der Waals surface area contributed by atoms with E-state index in [1.165, 1.54) is 0 Å². The van der Waals surface area contributed by atoms with E-state index in [0.29, 0.717) is 6.04 Å². The second-order valence-corrected chi connectivity index (χ2v) is 7.07. The molecule has 3 N–H and O–H groups in total. The number of hydrogen-bond donors (Lipinski definition) is 4. The Kier molecular flexibility index (Phi) is 5.41. The lowest BCUT2D eigenvalue weighted by molar-refractivity contribution is 0.634. The summed E-state index contributed by atoms with van der Waals surface area (Å²) in [7, 11) is 0. The SMILES string of the molecule is CC(C)Nc1cc(NC(C)S)cc(NC(C)(C)C)c1. The third kappa shape index (κ3) is 6.62. The normalized spacial score (nSPS) is 13.3. The predicted molar refractivity (Wildman–Crippen MR) is 90.6 cm³/mol. The van der Waals surface area contributed by atoms with E-state index in [4.69, 9.17) is 0 Å². The first-order chi connectivity index (χ1) is 8.65. The molecule has 0 bridgehead atoms. The number of nitrogens with one attached hydrogen (secondary N) is 3. The van der Waals surface area contributed by atoms with Crippen LogP contribution in [0.1, 0.15) is 41.5 Å². The predicted octanol–water partition coefficient (Wildman–Crippen LogP) is 4.41. The van der Waals surface area contributed by atoms with Crippen LogP contribution in [-0.4, -0.2) is 17.0 Å². The second-order valence-electron chi connectivity index (χ2n) is 6.29. The van der Waals surface area contributed by atoms with Crippen molar-refractivity contribution in [2.45, 2.75) is 58.5 Å². The molecule has 4 heteroatoms. The van der Waals surface area contributed by atoms with Crippen LogP contribution in [0.25, 0.3) is 0 Å². The van der Waals surface area contributed by atoms with E-state index < -0.39 is 0 Å². The van der Waals surface area contributed by atoms with Crippen LogP contribution in [-0.2, 0) is 0 Å². The van der Waals surface area contributed by atoms with Gasteiger partial charge in [-0.05, 0) is 59.7 Å². The van der Waals surface area contributed by atoms with Crippen molar-refractivity contribution in [1.29, 1.82) is 0 Å². The van der Waals surface area contributed by atoms with Crippen LogP contribution >= 0.6 is 12.6 Å². The summed E-state index contributed by atoms with van der Waals surface area (Å²) in [5.41, 5.74) is 3.33. The first kappa shape index (κ1) is 16.0. The molecule has 1 rings (SSSR count). The maximum atomic E-state index is 4.38. The average Bonchev–Trinajstić information content (AvgIpc) is 2.10. The molecule has 0 amide bonds. The Labute approximate surface area is 123 Å². The van der Waals surface area contributed by atoms with Gasteiger partial charge in [0.25, 0.3) is 0 Å². The first-order valence-electron chi connectivity index (χ1n) is 6.80. The van der Waals surface area contributed by atoms with E-state index in [-0.39, 0.29) is 10.9 Å². The molecular weight excluding hydrogens is 254 g/mol. The number of thiol groups is 1. The highest BCUT2D eigenvalue weighted by molar-refractivity contribution is 7.81. The van der Waals surface area contributed by atoms with Gasteiger partial charge in [0.2, 0.25) is 0 Å². The van der Waals surface area contributed by atoms with E-state index in [2.05, 4.69) is 81.4 Å². The molecule has 0 spiro atoms. The lowest BCUT2D eigenvalue weighted by Crippen LogP contribution is -2.26. The van der Waals surface area contributed by atoms with Crippen LogP contribution in [0.15, 0.2) is 18.2 Å². The standard InChI is InChI=1S/C15H27N3S/c1-10(2)16-12-7-13(17-11(3)19)9-14(8-12)18-15(4,5)6/h7-11,16-19H,1-6H3. The third-order valence-electron chi connectivity index (χ3n) is 2.28. The summed E-state index contributed by atoms with van der Waals surface area (Å²) in [6.07, 6.45) is 0. The molecule has 0 aromatic heterocycles. The molecule has 0 fully saturated rings. The summed E-state index contributed by atoms with van der Waals surface area (Å²) >= 11 is 4.38. The third-order valence-corrected chi connectivity index (χ3v) is 2.41. The molecule has 0 aliphatic heterocycles. The summed E-state index contributed by atoms with van der Waals surface area (Å²) < 4.78 is 0. The van der Waals surface area contributed by atoms with Crippen LogP contribution in [0, 0.1) is 0 Å². The van der Waals surface area contributed by atoms with Gasteiger partial charge in [-0.3, -0.25) is 0 Å². The van der Waals surface area contributed by atoms with Gasteiger partial charge in [0.15, 0.2) is 0 Å². The fourth-order valence-corrected chi connectivity index (χ4v) is 2.02.